The molecule has 0 amide bonds. The monoisotopic (exact) mass is 422 g/mol. The predicted molar refractivity (Wildman–Crippen MR) is 117 cm³/mol. The number of fused-ring (bicyclic) bond motifs is 2. The van der Waals surface area contributed by atoms with Crippen LogP contribution < -0.4 is 15.0 Å². The first-order valence-electron chi connectivity index (χ1n) is 9.21. The fourth-order valence-electron chi connectivity index (χ4n) is 3.36. The van der Waals surface area contributed by atoms with Gasteiger partial charge in [0.2, 0.25) is 6.79 Å². The van der Waals surface area contributed by atoms with Crippen LogP contribution in [-0.4, -0.2) is 16.3 Å². The Kier molecular flexibility index (Phi) is 4.56. The lowest BCUT2D eigenvalue weighted by molar-refractivity contribution is 0.174. The highest BCUT2D eigenvalue weighted by atomic mass is 32.2. The van der Waals surface area contributed by atoms with Crippen LogP contribution in [0.15, 0.2) is 58.5 Å². The first-order valence-corrected chi connectivity index (χ1v) is 11.0. The van der Waals surface area contributed by atoms with Crippen molar-refractivity contribution in [1.29, 1.82) is 0 Å². The minimum Gasteiger partial charge on any atom is -0.454 e. The van der Waals surface area contributed by atoms with Gasteiger partial charge in [0.25, 0.3) is 5.56 Å². The molecule has 0 N–H and O–H groups in total. The molecule has 0 unspecified atom stereocenters. The number of aromatic nitrogens is 2. The van der Waals surface area contributed by atoms with Crippen molar-refractivity contribution in [1.82, 2.24) is 9.55 Å². The molecule has 2 aromatic carbocycles. The fourth-order valence-corrected chi connectivity index (χ4v) is 5.38. The quantitative estimate of drug-likeness (QED) is 0.339. The summed E-state index contributed by atoms with van der Waals surface area (Å²) in [6.45, 7) is 4.29. The summed E-state index contributed by atoms with van der Waals surface area (Å²) in [5.41, 5.74) is 2.91. The number of thiophene rings is 1. The maximum atomic E-state index is 13.4. The highest BCUT2D eigenvalue weighted by Crippen LogP contribution is 2.35. The van der Waals surface area contributed by atoms with E-state index in [1.165, 1.54) is 0 Å². The van der Waals surface area contributed by atoms with Gasteiger partial charge in [-0.3, -0.25) is 9.36 Å². The highest BCUT2D eigenvalue weighted by molar-refractivity contribution is 7.98. The first kappa shape index (κ1) is 18.3. The Morgan fingerprint density at radius 3 is 2.72 bits per heavy atom. The zero-order valence-corrected chi connectivity index (χ0v) is 17.6. The van der Waals surface area contributed by atoms with Crippen LogP contribution in [0, 0.1) is 13.8 Å². The van der Waals surface area contributed by atoms with Crippen LogP contribution in [0.1, 0.15) is 16.0 Å². The average molecular weight is 423 g/mol. The molecule has 0 spiro atoms. The maximum absolute atomic E-state index is 13.4. The van der Waals surface area contributed by atoms with Crippen molar-refractivity contribution in [3.63, 3.8) is 0 Å². The molecular formula is C22H18N2O3S2. The summed E-state index contributed by atoms with van der Waals surface area (Å²) >= 11 is 3.12. The second kappa shape index (κ2) is 7.24. The molecule has 0 aliphatic carbocycles. The van der Waals surface area contributed by atoms with Crippen LogP contribution in [0.3, 0.4) is 0 Å². The molecule has 5 nitrogen and oxygen atoms in total. The topological polar surface area (TPSA) is 53.4 Å². The number of nitrogens with zero attached hydrogens (tertiary/aromatic N) is 2. The van der Waals surface area contributed by atoms with E-state index in [0.717, 1.165) is 38.0 Å². The Balaban J connectivity index is 1.59. The molecule has 0 saturated carbocycles. The molecule has 7 heteroatoms. The molecule has 1 aliphatic heterocycles. The number of benzene rings is 2. The highest BCUT2D eigenvalue weighted by Gasteiger charge is 2.19. The fraction of sp³-hybridized carbons (Fsp3) is 0.182. The molecular weight excluding hydrogens is 404 g/mol. The van der Waals surface area contributed by atoms with Gasteiger partial charge in [0.15, 0.2) is 16.7 Å². The van der Waals surface area contributed by atoms with Crippen molar-refractivity contribution in [2.24, 2.45) is 0 Å². The average Bonchev–Trinajstić information content (AvgIpc) is 3.31. The summed E-state index contributed by atoms with van der Waals surface area (Å²) in [5, 5.41) is 1.40. The Morgan fingerprint density at radius 2 is 1.90 bits per heavy atom. The van der Waals surface area contributed by atoms with Crippen LogP contribution in [0.5, 0.6) is 11.5 Å². The van der Waals surface area contributed by atoms with Crippen LogP contribution in [0.4, 0.5) is 0 Å². The molecule has 2 aromatic heterocycles. The van der Waals surface area contributed by atoms with Crippen molar-refractivity contribution in [3.05, 3.63) is 74.9 Å². The molecule has 0 bridgehead atoms. The van der Waals surface area contributed by atoms with E-state index in [2.05, 4.69) is 0 Å². The Labute approximate surface area is 175 Å². The maximum Gasteiger partial charge on any atom is 0.267 e. The molecule has 5 rings (SSSR count). The Hall–Kier alpha value is -2.77. The van der Waals surface area contributed by atoms with Crippen molar-refractivity contribution >= 4 is 33.3 Å². The van der Waals surface area contributed by atoms with E-state index in [9.17, 15) is 4.79 Å². The number of ether oxygens (including phenoxy) is 2. The van der Waals surface area contributed by atoms with Gasteiger partial charge in [0.1, 0.15) is 4.83 Å². The van der Waals surface area contributed by atoms with E-state index in [-0.39, 0.29) is 12.4 Å². The summed E-state index contributed by atoms with van der Waals surface area (Å²) < 4.78 is 12.6. The number of rotatable bonds is 4. The largest absolute Gasteiger partial charge is 0.454 e. The third kappa shape index (κ3) is 3.20. The van der Waals surface area contributed by atoms with Gasteiger partial charge in [-0.25, -0.2) is 4.98 Å². The minimum atomic E-state index is -0.0174. The van der Waals surface area contributed by atoms with Crippen LogP contribution in [-0.2, 0) is 5.75 Å². The van der Waals surface area contributed by atoms with E-state index in [4.69, 9.17) is 14.5 Å². The number of hydrogen-bond acceptors (Lipinski definition) is 6. The smallest absolute Gasteiger partial charge is 0.267 e. The molecule has 1 aliphatic rings. The molecule has 0 atom stereocenters. The van der Waals surface area contributed by atoms with Gasteiger partial charge in [-0.1, -0.05) is 36.0 Å². The molecule has 29 heavy (non-hydrogen) atoms. The van der Waals surface area contributed by atoms with E-state index in [1.807, 2.05) is 62.4 Å². The number of thioether (sulfide) groups is 1. The minimum absolute atomic E-state index is 0.0174. The third-order valence-corrected chi connectivity index (χ3v) is 7.10. The van der Waals surface area contributed by atoms with E-state index in [0.29, 0.717) is 16.3 Å². The number of para-hydroxylation sites is 1. The second-order valence-electron chi connectivity index (χ2n) is 6.81. The summed E-state index contributed by atoms with van der Waals surface area (Å²) in [6.07, 6.45) is 0. The van der Waals surface area contributed by atoms with Gasteiger partial charge in [-0.2, -0.15) is 0 Å². The SMILES string of the molecule is Cc1sc2nc(SCc3ccc4c(c3)OCO4)n(-c3ccccc3)c(=O)c2c1C. The standard InChI is InChI=1S/C22H18N2O3S2/c1-13-14(2)29-20-19(13)21(25)24(16-6-4-3-5-7-16)22(23-20)28-11-15-8-9-17-18(10-15)27-12-26-17/h3-10H,11-12H2,1-2H3. The molecule has 0 radical (unpaired) electrons. The summed E-state index contributed by atoms with van der Waals surface area (Å²) in [6, 6.07) is 15.6. The van der Waals surface area contributed by atoms with E-state index < -0.39 is 0 Å². The van der Waals surface area contributed by atoms with Gasteiger partial charge >= 0.3 is 0 Å². The first-order chi connectivity index (χ1) is 14.1. The van der Waals surface area contributed by atoms with Crippen molar-refractivity contribution < 1.29 is 9.47 Å². The third-order valence-electron chi connectivity index (χ3n) is 4.99. The van der Waals surface area contributed by atoms with Crippen molar-refractivity contribution in [2.75, 3.05) is 6.79 Å². The van der Waals surface area contributed by atoms with Gasteiger partial charge in [0, 0.05) is 10.6 Å². The normalized spacial score (nSPS) is 12.6. The lowest BCUT2D eigenvalue weighted by Crippen LogP contribution is -2.21. The van der Waals surface area contributed by atoms with Crippen LogP contribution >= 0.6 is 23.1 Å². The molecule has 146 valence electrons. The van der Waals surface area contributed by atoms with Crippen LogP contribution in [0.25, 0.3) is 15.9 Å². The zero-order valence-electron chi connectivity index (χ0n) is 16.0. The van der Waals surface area contributed by atoms with Gasteiger partial charge in [-0.15, -0.1) is 11.3 Å². The second-order valence-corrected chi connectivity index (χ2v) is 8.96. The molecule has 0 fully saturated rings. The van der Waals surface area contributed by atoms with Crippen molar-refractivity contribution in [3.8, 4) is 17.2 Å². The summed E-state index contributed by atoms with van der Waals surface area (Å²) in [5.74, 6) is 2.20. The van der Waals surface area contributed by atoms with Crippen LogP contribution in [0.2, 0.25) is 0 Å². The number of hydrogen-bond donors (Lipinski definition) is 0. The number of aryl methyl sites for hydroxylation is 2. The predicted octanol–water partition coefficient (Wildman–Crippen LogP) is 5.09. The van der Waals surface area contributed by atoms with Gasteiger partial charge in [0.05, 0.1) is 11.1 Å². The Bertz CT molecular complexity index is 1280. The molecule has 0 saturated heterocycles. The van der Waals surface area contributed by atoms with Gasteiger partial charge < -0.3 is 9.47 Å². The molecule has 4 aromatic rings. The lowest BCUT2D eigenvalue weighted by Gasteiger charge is -2.12. The van der Waals surface area contributed by atoms with E-state index >= 15 is 0 Å². The molecule has 3 heterocycles. The van der Waals surface area contributed by atoms with E-state index in [1.54, 1.807) is 27.7 Å². The zero-order chi connectivity index (χ0) is 20.0. The van der Waals surface area contributed by atoms with Gasteiger partial charge in [-0.05, 0) is 49.2 Å². The Morgan fingerprint density at radius 1 is 1.10 bits per heavy atom. The lowest BCUT2D eigenvalue weighted by atomic mass is 10.2. The van der Waals surface area contributed by atoms with Crippen molar-refractivity contribution in [2.45, 2.75) is 24.8 Å². The summed E-state index contributed by atoms with van der Waals surface area (Å²) in [4.78, 5) is 20.2. The summed E-state index contributed by atoms with van der Waals surface area (Å²) in [7, 11) is 0.